The first kappa shape index (κ1) is 16.9. The molecule has 0 aliphatic carbocycles. The van der Waals surface area contributed by atoms with Crippen molar-refractivity contribution in [3.05, 3.63) is 40.9 Å². The molecule has 3 rings (SSSR count). The summed E-state index contributed by atoms with van der Waals surface area (Å²) in [5.74, 6) is 0.859. The SMILES string of the molecule is COc1ccc(Cc2cnc(NC(=O)CC[C@H]3CCCO3)s2)cc1. The Hall–Kier alpha value is -1.92. The van der Waals surface area contributed by atoms with E-state index in [1.165, 1.54) is 16.9 Å². The topological polar surface area (TPSA) is 60.5 Å². The third-order valence-corrected chi connectivity index (χ3v) is 4.97. The molecule has 1 aliphatic rings. The normalized spacial score (nSPS) is 17.0. The minimum atomic E-state index is 0.0100. The number of ether oxygens (including phenoxy) is 2. The number of amides is 1. The van der Waals surface area contributed by atoms with E-state index in [4.69, 9.17) is 9.47 Å². The maximum Gasteiger partial charge on any atom is 0.226 e. The number of thiazole rings is 1. The minimum Gasteiger partial charge on any atom is -0.497 e. The molecular formula is C18H22N2O3S. The quantitative estimate of drug-likeness (QED) is 0.831. The number of anilines is 1. The number of nitrogens with one attached hydrogen (secondary N) is 1. The molecule has 1 aromatic carbocycles. The predicted molar refractivity (Wildman–Crippen MR) is 94.8 cm³/mol. The van der Waals surface area contributed by atoms with Crippen LogP contribution >= 0.6 is 11.3 Å². The first-order valence-corrected chi connectivity index (χ1v) is 9.03. The van der Waals surface area contributed by atoms with E-state index in [0.717, 1.165) is 42.9 Å². The third-order valence-electron chi connectivity index (χ3n) is 4.05. The maximum atomic E-state index is 12.0. The Kier molecular flexibility index (Phi) is 5.82. The summed E-state index contributed by atoms with van der Waals surface area (Å²) in [6, 6.07) is 7.98. The molecule has 0 spiro atoms. The number of nitrogens with zero attached hydrogens (tertiary/aromatic N) is 1. The van der Waals surface area contributed by atoms with Crippen LogP contribution in [0.4, 0.5) is 5.13 Å². The molecule has 2 heterocycles. The van der Waals surface area contributed by atoms with Gasteiger partial charge < -0.3 is 14.8 Å². The second-order valence-corrected chi connectivity index (χ2v) is 6.99. The monoisotopic (exact) mass is 346 g/mol. The van der Waals surface area contributed by atoms with Crippen LogP contribution in [0.25, 0.3) is 0 Å². The lowest BCUT2D eigenvalue weighted by Gasteiger charge is -2.07. The van der Waals surface area contributed by atoms with Crippen molar-refractivity contribution in [2.45, 2.75) is 38.2 Å². The van der Waals surface area contributed by atoms with Crippen LogP contribution in [0.2, 0.25) is 0 Å². The molecule has 0 saturated carbocycles. The second-order valence-electron chi connectivity index (χ2n) is 5.88. The van der Waals surface area contributed by atoms with Gasteiger partial charge in [-0.15, -0.1) is 11.3 Å². The van der Waals surface area contributed by atoms with Gasteiger partial charge in [0.05, 0.1) is 13.2 Å². The van der Waals surface area contributed by atoms with Gasteiger partial charge in [0, 0.05) is 30.5 Å². The molecule has 1 atom stereocenters. The Bertz CT molecular complexity index is 663. The molecule has 1 N–H and O–H groups in total. The van der Waals surface area contributed by atoms with Crippen molar-refractivity contribution in [1.82, 2.24) is 4.98 Å². The average molecular weight is 346 g/mol. The third kappa shape index (κ3) is 4.79. The minimum absolute atomic E-state index is 0.0100. The first-order chi connectivity index (χ1) is 11.7. The highest BCUT2D eigenvalue weighted by Gasteiger charge is 2.17. The molecule has 24 heavy (non-hydrogen) atoms. The second kappa shape index (κ2) is 8.26. The molecule has 1 saturated heterocycles. The maximum absolute atomic E-state index is 12.0. The van der Waals surface area contributed by atoms with E-state index < -0.39 is 0 Å². The molecule has 1 amide bonds. The lowest BCUT2D eigenvalue weighted by molar-refractivity contribution is -0.116. The van der Waals surface area contributed by atoms with Gasteiger partial charge in [0.1, 0.15) is 5.75 Å². The number of methoxy groups -OCH3 is 1. The fourth-order valence-electron chi connectivity index (χ4n) is 2.74. The number of aromatic nitrogens is 1. The fraction of sp³-hybridized carbons (Fsp3) is 0.444. The largest absolute Gasteiger partial charge is 0.497 e. The van der Waals surface area contributed by atoms with Gasteiger partial charge in [-0.2, -0.15) is 0 Å². The van der Waals surface area contributed by atoms with E-state index in [2.05, 4.69) is 10.3 Å². The van der Waals surface area contributed by atoms with Crippen molar-refractivity contribution >= 4 is 22.4 Å². The van der Waals surface area contributed by atoms with Gasteiger partial charge in [0.2, 0.25) is 5.91 Å². The molecule has 1 fully saturated rings. The number of hydrogen-bond donors (Lipinski definition) is 1. The van der Waals surface area contributed by atoms with Gasteiger partial charge in [-0.05, 0) is 37.0 Å². The van der Waals surface area contributed by atoms with Crippen LogP contribution < -0.4 is 10.1 Å². The van der Waals surface area contributed by atoms with Gasteiger partial charge >= 0.3 is 0 Å². The van der Waals surface area contributed by atoms with Crippen molar-refractivity contribution in [3.8, 4) is 5.75 Å². The molecule has 0 radical (unpaired) electrons. The first-order valence-electron chi connectivity index (χ1n) is 8.22. The number of carbonyl (C=O) groups is 1. The number of rotatable bonds is 7. The predicted octanol–water partition coefficient (Wildman–Crippen LogP) is 3.64. The average Bonchev–Trinajstić information content (AvgIpc) is 3.26. The highest BCUT2D eigenvalue weighted by Crippen LogP contribution is 2.23. The number of benzene rings is 1. The Morgan fingerprint density at radius 3 is 2.96 bits per heavy atom. The lowest BCUT2D eigenvalue weighted by Crippen LogP contribution is -2.15. The van der Waals surface area contributed by atoms with Crippen LogP contribution in [-0.2, 0) is 16.0 Å². The van der Waals surface area contributed by atoms with E-state index in [1.54, 1.807) is 7.11 Å². The van der Waals surface area contributed by atoms with Crippen molar-refractivity contribution in [3.63, 3.8) is 0 Å². The Morgan fingerprint density at radius 1 is 1.42 bits per heavy atom. The molecule has 128 valence electrons. The molecule has 1 aromatic heterocycles. The molecule has 1 aliphatic heterocycles. The van der Waals surface area contributed by atoms with Crippen LogP contribution in [0.5, 0.6) is 5.75 Å². The lowest BCUT2D eigenvalue weighted by atomic mass is 10.1. The van der Waals surface area contributed by atoms with Crippen molar-refractivity contribution < 1.29 is 14.3 Å². The molecule has 0 unspecified atom stereocenters. The van der Waals surface area contributed by atoms with Gasteiger partial charge in [0.15, 0.2) is 5.13 Å². The highest BCUT2D eigenvalue weighted by atomic mass is 32.1. The summed E-state index contributed by atoms with van der Waals surface area (Å²) in [6.07, 6.45) is 6.31. The van der Waals surface area contributed by atoms with E-state index in [1.807, 2.05) is 30.5 Å². The summed E-state index contributed by atoms with van der Waals surface area (Å²) < 4.78 is 10.7. The van der Waals surface area contributed by atoms with Gasteiger partial charge in [-0.1, -0.05) is 12.1 Å². The molecule has 0 bridgehead atoms. The van der Waals surface area contributed by atoms with Crippen molar-refractivity contribution in [2.24, 2.45) is 0 Å². The van der Waals surface area contributed by atoms with Gasteiger partial charge in [-0.3, -0.25) is 4.79 Å². The molecule has 2 aromatic rings. The Labute approximate surface area is 146 Å². The zero-order valence-corrected chi connectivity index (χ0v) is 14.6. The molecular weight excluding hydrogens is 324 g/mol. The summed E-state index contributed by atoms with van der Waals surface area (Å²) in [4.78, 5) is 17.4. The van der Waals surface area contributed by atoms with Crippen LogP contribution in [0.3, 0.4) is 0 Å². The zero-order chi connectivity index (χ0) is 16.8. The van der Waals surface area contributed by atoms with Crippen LogP contribution in [0.1, 0.15) is 36.1 Å². The van der Waals surface area contributed by atoms with Crippen molar-refractivity contribution in [2.75, 3.05) is 19.0 Å². The summed E-state index contributed by atoms with van der Waals surface area (Å²) in [5, 5.41) is 3.55. The van der Waals surface area contributed by atoms with Gasteiger partial charge in [0.25, 0.3) is 0 Å². The number of hydrogen-bond acceptors (Lipinski definition) is 5. The summed E-state index contributed by atoms with van der Waals surface area (Å²) >= 11 is 1.52. The van der Waals surface area contributed by atoms with E-state index in [-0.39, 0.29) is 12.0 Å². The van der Waals surface area contributed by atoms with Crippen molar-refractivity contribution in [1.29, 1.82) is 0 Å². The molecule has 6 heteroatoms. The van der Waals surface area contributed by atoms with E-state index >= 15 is 0 Å². The summed E-state index contributed by atoms with van der Waals surface area (Å²) in [6.45, 7) is 0.827. The van der Waals surface area contributed by atoms with Crippen LogP contribution in [-0.4, -0.2) is 30.7 Å². The summed E-state index contributed by atoms with van der Waals surface area (Å²) in [5.41, 5.74) is 1.19. The summed E-state index contributed by atoms with van der Waals surface area (Å²) in [7, 11) is 1.66. The zero-order valence-electron chi connectivity index (χ0n) is 13.8. The highest BCUT2D eigenvalue weighted by molar-refractivity contribution is 7.15. The Balaban J connectivity index is 1.48. The van der Waals surface area contributed by atoms with Crippen LogP contribution in [0.15, 0.2) is 30.5 Å². The van der Waals surface area contributed by atoms with E-state index in [0.29, 0.717) is 11.6 Å². The van der Waals surface area contributed by atoms with E-state index in [9.17, 15) is 4.79 Å². The molecule has 5 nitrogen and oxygen atoms in total. The standard InChI is InChI=1S/C18H22N2O3S/c1-22-14-6-4-13(5-7-14)11-16-12-19-18(24-16)20-17(21)9-8-15-3-2-10-23-15/h4-7,12,15H,2-3,8-11H2,1H3,(H,19,20,21)/t15-/m1/s1. The van der Waals surface area contributed by atoms with Crippen LogP contribution in [0, 0.1) is 0 Å². The van der Waals surface area contributed by atoms with Gasteiger partial charge in [-0.25, -0.2) is 4.98 Å². The Morgan fingerprint density at radius 2 is 2.25 bits per heavy atom. The fourth-order valence-corrected chi connectivity index (χ4v) is 3.60. The smallest absolute Gasteiger partial charge is 0.226 e. The number of carbonyl (C=O) groups excluding carboxylic acids is 1.